The van der Waals surface area contributed by atoms with E-state index in [4.69, 9.17) is 9.05 Å². The Bertz CT molecular complexity index is 2400. The highest BCUT2D eigenvalue weighted by molar-refractivity contribution is 6.05. The van der Waals surface area contributed by atoms with E-state index in [9.17, 15) is 28.0 Å². The van der Waals surface area contributed by atoms with Gasteiger partial charge in [-0.25, -0.2) is 8.78 Å². The van der Waals surface area contributed by atoms with Gasteiger partial charge in [0.05, 0.1) is 10.8 Å². The molecule has 0 atom stereocenters. The molecule has 0 unspecified atom stereocenters. The monoisotopic (exact) mass is 992 g/mol. The fourth-order valence-corrected chi connectivity index (χ4v) is 9.04. The SMILES string of the molecule is CC(C)N(CCCC1CCN(C(=O)c2ccc(F)cc2)CC1)C(=O)c1noc2ccccc12.CC(C)N(CCCC1CCN(C(=O)c2ccc(F)cc2)CC1)C(=O)c1noc2ccccc12.Cl.Cl.O. The molecule has 4 amide bonds. The van der Waals surface area contributed by atoms with Gasteiger partial charge in [0, 0.05) is 62.5 Å². The van der Waals surface area contributed by atoms with Gasteiger partial charge in [-0.15, -0.1) is 24.8 Å². The predicted octanol–water partition coefficient (Wildman–Crippen LogP) is 10.3. The van der Waals surface area contributed by atoms with Crippen LogP contribution in [0.4, 0.5) is 8.78 Å². The van der Waals surface area contributed by atoms with E-state index in [1.165, 1.54) is 24.3 Å². The summed E-state index contributed by atoms with van der Waals surface area (Å²) in [5.41, 5.74) is 3.03. The maximum atomic E-state index is 13.2. The van der Waals surface area contributed by atoms with Crippen molar-refractivity contribution in [2.24, 2.45) is 11.8 Å². The van der Waals surface area contributed by atoms with Gasteiger partial charge in [0.1, 0.15) is 11.6 Å². The molecule has 0 spiro atoms. The fourth-order valence-electron chi connectivity index (χ4n) is 9.04. The third-order valence-electron chi connectivity index (χ3n) is 12.9. The number of para-hydroxylation sites is 2. The molecule has 2 fully saturated rings. The molecular weight excluding hydrogens is 930 g/mol. The molecule has 0 radical (unpaired) electrons. The lowest BCUT2D eigenvalue weighted by Crippen LogP contribution is -2.39. The van der Waals surface area contributed by atoms with Gasteiger partial charge >= 0.3 is 0 Å². The summed E-state index contributed by atoms with van der Waals surface area (Å²) in [6, 6.07) is 26.4. The maximum absolute atomic E-state index is 13.2. The Morgan fingerprint density at radius 1 is 0.565 bits per heavy atom. The number of rotatable bonds is 14. The highest BCUT2D eigenvalue weighted by Crippen LogP contribution is 2.27. The number of carbonyl (C=O) groups is 4. The number of likely N-dealkylation sites (tertiary alicyclic amines) is 2. The molecule has 0 bridgehead atoms. The summed E-state index contributed by atoms with van der Waals surface area (Å²) in [5.74, 6) is 0.101. The Morgan fingerprint density at radius 3 is 1.23 bits per heavy atom. The van der Waals surface area contributed by atoms with Crippen LogP contribution in [0.3, 0.4) is 0 Å². The molecule has 0 aliphatic carbocycles. The number of amides is 4. The molecule has 4 aromatic carbocycles. The first-order valence-electron chi connectivity index (χ1n) is 23.3. The van der Waals surface area contributed by atoms with Crippen LogP contribution in [-0.2, 0) is 0 Å². The van der Waals surface area contributed by atoms with Crippen LogP contribution in [0, 0.1) is 23.5 Å². The number of halogens is 4. The number of fused-ring (bicyclic) bond motifs is 2. The van der Waals surface area contributed by atoms with Crippen molar-refractivity contribution < 1.29 is 42.5 Å². The maximum Gasteiger partial charge on any atom is 0.276 e. The summed E-state index contributed by atoms with van der Waals surface area (Å²) in [5, 5.41) is 9.54. The minimum absolute atomic E-state index is 0. The van der Waals surface area contributed by atoms with Gasteiger partial charge < -0.3 is 34.1 Å². The minimum Gasteiger partial charge on any atom is -0.412 e. The van der Waals surface area contributed by atoms with Crippen LogP contribution < -0.4 is 0 Å². The summed E-state index contributed by atoms with van der Waals surface area (Å²) in [7, 11) is 0. The molecule has 2 aromatic heterocycles. The second-order valence-electron chi connectivity index (χ2n) is 18.0. The van der Waals surface area contributed by atoms with Crippen LogP contribution in [0.2, 0.25) is 0 Å². The lowest BCUT2D eigenvalue weighted by atomic mass is 9.91. The van der Waals surface area contributed by atoms with Crippen LogP contribution in [0.25, 0.3) is 21.9 Å². The first-order chi connectivity index (χ1) is 31.9. The number of aromatic nitrogens is 2. The van der Waals surface area contributed by atoms with Gasteiger partial charge in [-0.1, -0.05) is 34.6 Å². The average molecular weight is 994 g/mol. The van der Waals surface area contributed by atoms with E-state index in [2.05, 4.69) is 10.3 Å². The molecule has 2 N–H and O–H groups in total. The molecule has 2 aliphatic heterocycles. The van der Waals surface area contributed by atoms with Gasteiger partial charge in [0.15, 0.2) is 22.6 Å². The quantitative estimate of drug-likeness (QED) is 0.104. The Labute approximate surface area is 414 Å². The van der Waals surface area contributed by atoms with Crippen molar-refractivity contribution in [3.05, 3.63) is 131 Å². The molecule has 2 aliphatic rings. The lowest BCUT2D eigenvalue weighted by molar-refractivity contribution is 0.0654. The normalized spacial score (nSPS) is 14.1. The van der Waals surface area contributed by atoms with E-state index in [0.717, 1.165) is 62.1 Å². The Morgan fingerprint density at radius 2 is 0.899 bits per heavy atom. The van der Waals surface area contributed by atoms with Gasteiger partial charge in [0.2, 0.25) is 0 Å². The molecule has 8 rings (SSSR count). The molecule has 13 nitrogen and oxygen atoms in total. The van der Waals surface area contributed by atoms with Crippen LogP contribution in [-0.4, -0.2) is 110 Å². The molecule has 372 valence electrons. The van der Waals surface area contributed by atoms with E-state index in [1.54, 1.807) is 24.3 Å². The third kappa shape index (κ3) is 14.1. The highest BCUT2D eigenvalue weighted by Gasteiger charge is 2.29. The van der Waals surface area contributed by atoms with Crippen molar-refractivity contribution in [1.29, 1.82) is 0 Å². The second kappa shape index (κ2) is 26.2. The van der Waals surface area contributed by atoms with Crippen molar-refractivity contribution in [3.8, 4) is 0 Å². The largest absolute Gasteiger partial charge is 0.412 e. The fraction of sp³-hybridized carbons (Fsp3) is 0.423. The second-order valence-corrected chi connectivity index (χ2v) is 18.0. The van der Waals surface area contributed by atoms with Gasteiger partial charge in [-0.2, -0.15) is 0 Å². The number of nitrogens with zero attached hydrogens (tertiary/aromatic N) is 6. The van der Waals surface area contributed by atoms with E-state index in [0.29, 0.717) is 84.8 Å². The van der Waals surface area contributed by atoms with Crippen LogP contribution in [0.5, 0.6) is 0 Å². The highest BCUT2D eigenvalue weighted by atomic mass is 35.5. The molecule has 4 heterocycles. The molecular formula is C52H64Cl2F2N6O7. The van der Waals surface area contributed by atoms with E-state index in [-0.39, 0.29) is 77.6 Å². The topological polar surface area (TPSA) is 165 Å². The number of hydrogen-bond donors (Lipinski definition) is 0. The number of piperidine rings is 2. The van der Waals surface area contributed by atoms with E-state index in [1.807, 2.05) is 95.8 Å². The minimum atomic E-state index is -0.337. The smallest absolute Gasteiger partial charge is 0.276 e. The van der Waals surface area contributed by atoms with Crippen molar-refractivity contribution >= 4 is 70.4 Å². The molecule has 2 saturated heterocycles. The van der Waals surface area contributed by atoms with Crippen molar-refractivity contribution in [2.45, 2.75) is 91.1 Å². The van der Waals surface area contributed by atoms with Gasteiger partial charge in [-0.3, -0.25) is 19.2 Å². The molecule has 69 heavy (non-hydrogen) atoms. The van der Waals surface area contributed by atoms with Crippen LogP contribution in [0.15, 0.2) is 106 Å². The summed E-state index contributed by atoms with van der Waals surface area (Å²) < 4.78 is 36.9. The van der Waals surface area contributed by atoms with Crippen LogP contribution >= 0.6 is 24.8 Å². The molecule has 6 aromatic rings. The van der Waals surface area contributed by atoms with Crippen molar-refractivity contribution in [2.75, 3.05) is 39.3 Å². The van der Waals surface area contributed by atoms with E-state index >= 15 is 0 Å². The third-order valence-corrected chi connectivity index (χ3v) is 12.9. The zero-order valence-electron chi connectivity index (χ0n) is 39.7. The summed E-state index contributed by atoms with van der Waals surface area (Å²) in [4.78, 5) is 59.0. The number of carbonyl (C=O) groups excluding carboxylic acids is 4. The Hall–Kier alpha value is -5.90. The van der Waals surface area contributed by atoms with Gasteiger partial charge in [-0.05, 0) is 164 Å². The first-order valence-corrected chi connectivity index (χ1v) is 23.3. The first kappa shape index (κ1) is 55.7. The van der Waals surface area contributed by atoms with Gasteiger partial charge in [0.25, 0.3) is 23.6 Å². The summed E-state index contributed by atoms with van der Waals surface area (Å²) in [6.45, 7) is 12.2. The lowest BCUT2D eigenvalue weighted by Gasteiger charge is -2.33. The number of benzene rings is 4. The Balaban J connectivity index is 0.000000288. The van der Waals surface area contributed by atoms with Crippen LogP contribution in [0.1, 0.15) is 121 Å². The summed E-state index contributed by atoms with van der Waals surface area (Å²) >= 11 is 0. The summed E-state index contributed by atoms with van der Waals surface area (Å²) in [6.07, 6.45) is 7.58. The standard InChI is InChI=1S/2C26H30FN3O3.2ClH.H2O/c2*1-18(2)30(26(32)24-22-7-3-4-8-23(22)33-28-24)15-5-6-19-13-16-29(17-14-19)25(31)20-9-11-21(27)12-10-20;;;/h2*3-4,7-12,18-19H,5-6,13-17H2,1-2H3;2*1H;1H2. The predicted molar refractivity (Wildman–Crippen MR) is 267 cm³/mol. The van der Waals surface area contributed by atoms with Crippen molar-refractivity contribution in [1.82, 2.24) is 29.9 Å². The zero-order chi connectivity index (χ0) is 46.7. The van der Waals surface area contributed by atoms with E-state index < -0.39 is 0 Å². The Kier molecular flexibility index (Phi) is 21.1. The molecule has 17 heteroatoms. The number of hydrogen-bond acceptors (Lipinski definition) is 8. The van der Waals surface area contributed by atoms with Crippen molar-refractivity contribution in [3.63, 3.8) is 0 Å². The zero-order valence-corrected chi connectivity index (χ0v) is 41.3. The average Bonchev–Trinajstić information content (AvgIpc) is 3.97. The molecule has 0 saturated carbocycles.